The van der Waals surface area contributed by atoms with Gasteiger partial charge in [0.05, 0.1) is 12.6 Å². The number of aliphatic imine (C=N–C) groups is 1. The molecule has 1 heterocycles. The Morgan fingerprint density at radius 2 is 1.89 bits per heavy atom. The van der Waals surface area contributed by atoms with E-state index in [1.165, 1.54) is 11.1 Å². The second kappa shape index (κ2) is 8.82. The number of nitrogens with zero attached hydrogens (tertiary/aromatic N) is 1. The first-order valence-corrected chi connectivity index (χ1v) is 9.39. The van der Waals surface area contributed by atoms with E-state index in [9.17, 15) is 4.79 Å². The van der Waals surface area contributed by atoms with Gasteiger partial charge in [0.15, 0.2) is 0 Å². The molecule has 1 amide bonds. The van der Waals surface area contributed by atoms with E-state index >= 15 is 0 Å². The van der Waals surface area contributed by atoms with E-state index in [-0.39, 0.29) is 12.0 Å². The van der Waals surface area contributed by atoms with E-state index in [4.69, 9.17) is 4.74 Å². The maximum atomic E-state index is 12.6. The number of carbonyl (C=O) groups excluding carboxylic acids is 1. The normalized spacial score (nSPS) is 17.0. The summed E-state index contributed by atoms with van der Waals surface area (Å²) in [5.74, 6) is 0.261. The molecule has 0 unspecified atom stereocenters. The summed E-state index contributed by atoms with van der Waals surface area (Å²) in [7, 11) is 0. The van der Waals surface area contributed by atoms with Crippen molar-refractivity contribution in [1.82, 2.24) is 5.32 Å². The molecule has 2 N–H and O–H groups in total. The lowest BCUT2D eigenvalue weighted by molar-refractivity contribution is 0.0975. The van der Waals surface area contributed by atoms with Crippen LogP contribution in [-0.4, -0.2) is 31.1 Å². The van der Waals surface area contributed by atoms with Gasteiger partial charge in [0, 0.05) is 17.9 Å². The standard InChI is InChI=1S/C22H27N3O2/c1-15-6-9-18(10-7-15)21(26)25-22(23-14-20-5-4-12-27-20)24-19-11-8-16(2)17(3)13-19/h6-11,13,20H,4-5,12,14H2,1-3H3,(H2,23,24,25,26)/t20-/m0/s1. The van der Waals surface area contributed by atoms with E-state index in [1.807, 2.05) is 37.3 Å². The van der Waals surface area contributed by atoms with E-state index in [2.05, 4.69) is 41.6 Å². The number of hydrogen-bond donors (Lipinski definition) is 2. The summed E-state index contributed by atoms with van der Waals surface area (Å²) in [4.78, 5) is 17.2. The van der Waals surface area contributed by atoms with Crippen LogP contribution in [-0.2, 0) is 4.74 Å². The van der Waals surface area contributed by atoms with Crippen molar-refractivity contribution in [3.8, 4) is 0 Å². The highest BCUT2D eigenvalue weighted by atomic mass is 16.5. The third kappa shape index (κ3) is 5.41. The maximum absolute atomic E-state index is 12.6. The number of amides is 1. The van der Waals surface area contributed by atoms with Gasteiger partial charge >= 0.3 is 0 Å². The van der Waals surface area contributed by atoms with Crippen LogP contribution in [0.25, 0.3) is 0 Å². The van der Waals surface area contributed by atoms with Gasteiger partial charge in [0.2, 0.25) is 5.96 Å². The highest BCUT2D eigenvalue weighted by molar-refractivity contribution is 6.10. The van der Waals surface area contributed by atoms with Crippen LogP contribution < -0.4 is 10.6 Å². The third-order valence-electron chi connectivity index (χ3n) is 4.79. The Bertz CT molecular complexity index is 822. The predicted molar refractivity (Wildman–Crippen MR) is 109 cm³/mol. The van der Waals surface area contributed by atoms with E-state index < -0.39 is 0 Å². The molecule has 2 aromatic carbocycles. The molecule has 0 aromatic heterocycles. The van der Waals surface area contributed by atoms with Crippen molar-refractivity contribution in [2.75, 3.05) is 18.5 Å². The number of carbonyl (C=O) groups is 1. The maximum Gasteiger partial charge on any atom is 0.257 e. The van der Waals surface area contributed by atoms with Crippen LogP contribution in [0.15, 0.2) is 47.5 Å². The minimum atomic E-state index is -0.183. The topological polar surface area (TPSA) is 62.7 Å². The van der Waals surface area contributed by atoms with Crippen LogP contribution in [0, 0.1) is 20.8 Å². The molecule has 0 aliphatic carbocycles. The molecule has 1 atom stereocenters. The Morgan fingerprint density at radius 1 is 1.11 bits per heavy atom. The van der Waals surface area contributed by atoms with E-state index in [0.717, 1.165) is 30.7 Å². The second-order valence-corrected chi connectivity index (χ2v) is 7.07. The number of rotatable bonds is 4. The molecule has 0 spiro atoms. The fourth-order valence-corrected chi connectivity index (χ4v) is 2.93. The van der Waals surface area contributed by atoms with Crippen LogP contribution in [0.3, 0.4) is 0 Å². The van der Waals surface area contributed by atoms with Gasteiger partial charge in [-0.15, -0.1) is 0 Å². The number of aryl methyl sites for hydroxylation is 3. The summed E-state index contributed by atoms with van der Waals surface area (Å²) in [5.41, 5.74) is 5.03. The van der Waals surface area contributed by atoms with Gasteiger partial charge in [-0.05, 0) is 69.0 Å². The zero-order valence-electron chi connectivity index (χ0n) is 16.2. The quantitative estimate of drug-likeness (QED) is 0.636. The zero-order valence-corrected chi connectivity index (χ0v) is 16.2. The molecule has 142 valence electrons. The molecule has 0 bridgehead atoms. The van der Waals surface area contributed by atoms with Gasteiger partial charge in [-0.1, -0.05) is 23.8 Å². The van der Waals surface area contributed by atoms with Crippen LogP contribution in [0.4, 0.5) is 5.69 Å². The Balaban J connectivity index is 1.75. The van der Waals surface area contributed by atoms with Crippen molar-refractivity contribution in [1.29, 1.82) is 0 Å². The van der Waals surface area contributed by atoms with Gasteiger partial charge in [-0.25, -0.2) is 4.99 Å². The van der Waals surface area contributed by atoms with Crippen molar-refractivity contribution >= 4 is 17.6 Å². The van der Waals surface area contributed by atoms with Gasteiger partial charge in [0.25, 0.3) is 5.91 Å². The molecular weight excluding hydrogens is 338 g/mol. The van der Waals surface area contributed by atoms with Crippen LogP contribution in [0.2, 0.25) is 0 Å². The number of anilines is 1. The number of nitrogens with one attached hydrogen (secondary N) is 2. The molecule has 0 saturated carbocycles. The Hall–Kier alpha value is -2.66. The Labute approximate surface area is 160 Å². The molecule has 1 saturated heterocycles. The monoisotopic (exact) mass is 365 g/mol. The second-order valence-electron chi connectivity index (χ2n) is 7.07. The van der Waals surface area contributed by atoms with Crippen molar-refractivity contribution in [2.45, 2.75) is 39.7 Å². The first-order valence-electron chi connectivity index (χ1n) is 9.39. The van der Waals surface area contributed by atoms with Crippen molar-refractivity contribution in [3.05, 3.63) is 64.7 Å². The van der Waals surface area contributed by atoms with Crippen LogP contribution in [0.1, 0.15) is 39.9 Å². The lowest BCUT2D eigenvalue weighted by Gasteiger charge is -2.14. The van der Waals surface area contributed by atoms with Gasteiger partial charge in [-0.3, -0.25) is 10.1 Å². The highest BCUT2D eigenvalue weighted by Crippen LogP contribution is 2.15. The highest BCUT2D eigenvalue weighted by Gasteiger charge is 2.16. The number of ether oxygens (including phenoxy) is 1. The SMILES string of the molecule is Cc1ccc(C(=O)NC(=NC[C@@H]2CCCO2)Nc2ccc(C)c(C)c2)cc1. The fraction of sp³-hybridized carbons (Fsp3) is 0.364. The molecule has 0 radical (unpaired) electrons. The molecule has 3 rings (SSSR count). The number of hydrogen-bond acceptors (Lipinski definition) is 3. The predicted octanol–water partition coefficient (Wildman–Crippen LogP) is 3.99. The van der Waals surface area contributed by atoms with Gasteiger partial charge < -0.3 is 10.1 Å². The summed E-state index contributed by atoms with van der Waals surface area (Å²) in [5, 5.41) is 6.15. The molecule has 1 fully saturated rings. The number of guanidine groups is 1. The lowest BCUT2D eigenvalue weighted by Crippen LogP contribution is -2.36. The van der Waals surface area contributed by atoms with Crippen LogP contribution in [0.5, 0.6) is 0 Å². The summed E-state index contributed by atoms with van der Waals surface area (Å²) in [6, 6.07) is 13.6. The summed E-state index contributed by atoms with van der Waals surface area (Å²) in [6.45, 7) is 7.45. The molecule has 5 heteroatoms. The third-order valence-corrected chi connectivity index (χ3v) is 4.79. The fourth-order valence-electron chi connectivity index (χ4n) is 2.93. The smallest absolute Gasteiger partial charge is 0.257 e. The number of benzene rings is 2. The van der Waals surface area contributed by atoms with Crippen molar-refractivity contribution in [2.24, 2.45) is 4.99 Å². The summed E-state index contributed by atoms with van der Waals surface area (Å²) in [6.07, 6.45) is 2.19. The zero-order chi connectivity index (χ0) is 19.2. The van der Waals surface area contributed by atoms with Crippen LogP contribution >= 0.6 is 0 Å². The summed E-state index contributed by atoms with van der Waals surface area (Å²) >= 11 is 0. The first kappa shape index (κ1) is 19.1. The van der Waals surface area contributed by atoms with E-state index in [1.54, 1.807) is 0 Å². The molecular formula is C22H27N3O2. The first-order chi connectivity index (χ1) is 13.0. The minimum Gasteiger partial charge on any atom is -0.376 e. The van der Waals surface area contributed by atoms with Crippen molar-refractivity contribution < 1.29 is 9.53 Å². The van der Waals surface area contributed by atoms with Gasteiger partial charge in [-0.2, -0.15) is 0 Å². The lowest BCUT2D eigenvalue weighted by atomic mass is 10.1. The molecule has 1 aliphatic heterocycles. The van der Waals surface area contributed by atoms with Crippen molar-refractivity contribution in [3.63, 3.8) is 0 Å². The molecule has 27 heavy (non-hydrogen) atoms. The average molecular weight is 365 g/mol. The minimum absolute atomic E-state index is 0.123. The molecule has 1 aliphatic rings. The average Bonchev–Trinajstić information content (AvgIpc) is 3.17. The molecule has 2 aromatic rings. The Kier molecular flexibility index (Phi) is 6.24. The largest absolute Gasteiger partial charge is 0.376 e. The summed E-state index contributed by atoms with van der Waals surface area (Å²) < 4.78 is 5.64. The Morgan fingerprint density at radius 3 is 2.56 bits per heavy atom. The van der Waals surface area contributed by atoms with Gasteiger partial charge in [0.1, 0.15) is 0 Å². The van der Waals surface area contributed by atoms with E-state index in [0.29, 0.717) is 18.1 Å². The molecule has 5 nitrogen and oxygen atoms in total.